The van der Waals surface area contributed by atoms with Crippen LogP contribution >= 0.6 is 11.8 Å². The Kier molecular flexibility index (Phi) is 8.83. The van der Waals surface area contributed by atoms with E-state index in [2.05, 4.69) is 69.1 Å². The first-order valence-corrected chi connectivity index (χ1v) is 14.5. The number of aromatic nitrogens is 3. The number of thioether (sulfide) groups is 1. The molecule has 0 N–H and O–H groups in total. The van der Waals surface area contributed by atoms with Crippen LogP contribution in [0.15, 0.2) is 84.0 Å². The van der Waals surface area contributed by atoms with E-state index in [4.69, 9.17) is 4.74 Å². The third-order valence-electron chi connectivity index (χ3n) is 7.03. The van der Waals surface area contributed by atoms with Crippen molar-refractivity contribution >= 4 is 23.4 Å². The van der Waals surface area contributed by atoms with Crippen molar-refractivity contribution in [2.45, 2.75) is 31.3 Å². The number of carbonyl (C=O) groups is 1. The van der Waals surface area contributed by atoms with Gasteiger partial charge in [0.05, 0.1) is 12.8 Å². The van der Waals surface area contributed by atoms with Crippen molar-refractivity contribution < 1.29 is 9.53 Å². The van der Waals surface area contributed by atoms with E-state index in [1.54, 1.807) is 18.9 Å². The van der Waals surface area contributed by atoms with E-state index >= 15 is 0 Å². The largest absolute Gasteiger partial charge is 0.495 e. The number of ether oxygens (including phenoxy) is 1. The molecule has 202 valence electrons. The molecule has 0 bridgehead atoms. The maximum Gasteiger partial charge on any atom is 0.222 e. The maximum absolute atomic E-state index is 12.9. The number of hydrogen-bond donors (Lipinski definition) is 0. The zero-order valence-corrected chi connectivity index (χ0v) is 23.4. The number of amides is 1. The Hall–Kier alpha value is -3.78. The molecule has 0 unspecified atom stereocenters. The van der Waals surface area contributed by atoms with E-state index in [1.807, 2.05) is 41.3 Å². The fourth-order valence-corrected chi connectivity index (χ4v) is 5.80. The summed E-state index contributed by atoms with van der Waals surface area (Å²) in [6.45, 7) is 5.21. The van der Waals surface area contributed by atoms with Crippen LogP contribution in [0.2, 0.25) is 0 Å². The quantitative estimate of drug-likeness (QED) is 0.185. The molecule has 4 aromatic rings. The molecule has 0 radical (unpaired) electrons. The number of para-hydroxylation sites is 3. The van der Waals surface area contributed by atoms with Crippen molar-refractivity contribution in [1.29, 1.82) is 0 Å². The third kappa shape index (κ3) is 6.45. The summed E-state index contributed by atoms with van der Waals surface area (Å²) in [6, 6.07) is 26.7. The van der Waals surface area contributed by atoms with Gasteiger partial charge in [-0.05, 0) is 44.0 Å². The number of piperazine rings is 1. The number of methoxy groups -OCH3 is 1. The second kappa shape index (κ2) is 12.8. The zero-order chi connectivity index (χ0) is 27.0. The molecule has 7 nitrogen and oxygen atoms in total. The summed E-state index contributed by atoms with van der Waals surface area (Å²) in [5.41, 5.74) is 4.40. The van der Waals surface area contributed by atoms with Crippen LogP contribution in [0.5, 0.6) is 5.75 Å². The minimum Gasteiger partial charge on any atom is -0.495 e. The lowest BCUT2D eigenvalue weighted by atomic mass is 10.1. The van der Waals surface area contributed by atoms with E-state index in [0.29, 0.717) is 6.42 Å². The highest BCUT2D eigenvalue weighted by Gasteiger charge is 2.22. The van der Waals surface area contributed by atoms with Crippen molar-refractivity contribution in [1.82, 2.24) is 19.7 Å². The molecule has 39 heavy (non-hydrogen) atoms. The topological polar surface area (TPSA) is 63.5 Å². The van der Waals surface area contributed by atoms with E-state index in [0.717, 1.165) is 78.4 Å². The minimum atomic E-state index is 0.244. The lowest BCUT2D eigenvalue weighted by Gasteiger charge is -2.36. The van der Waals surface area contributed by atoms with Crippen LogP contribution in [0.4, 0.5) is 5.69 Å². The van der Waals surface area contributed by atoms with Gasteiger partial charge in [-0.25, -0.2) is 0 Å². The Morgan fingerprint density at radius 3 is 2.33 bits per heavy atom. The molecule has 0 spiro atoms. The molecule has 3 aromatic carbocycles. The van der Waals surface area contributed by atoms with Crippen LogP contribution in [0.25, 0.3) is 17.1 Å². The molecule has 8 heteroatoms. The summed E-state index contributed by atoms with van der Waals surface area (Å²) in [4.78, 5) is 17.2. The van der Waals surface area contributed by atoms with Gasteiger partial charge in [-0.3, -0.25) is 9.36 Å². The number of hydrogen-bond acceptors (Lipinski definition) is 6. The van der Waals surface area contributed by atoms with Crippen molar-refractivity contribution in [3.63, 3.8) is 0 Å². The predicted molar refractivity (Wildman–Crippen MR) is 158 cm³/mol. The van der Waals surface area contributed by atoms with Crippen LogP contribution in [-0.4, -0.2) is 64.6 Å². The van der Waals surface area contributed by atoms with Gasteiger partial charge in [-0.2, -0.15) is 0 Å². The van der Waals surface area contributed by atoms with Crippen LogP contribution in [0, 0.1) is 6.92 Å². The van der Waals surface area contributed by atoms with Gasteiger partial charge in [0.1, 0.15) is 5.75 Å². The Morgan fingerprint density at radius 2 is 1.59 bits per heavy atom. The van der Waals surface area contributed by atoms with Gasteiger partial charge in [0, 0.05) is 49.6 Å². The molecular weight excluding hydrogens is 506 g/mol. The zero-order valence-electron chi connectivity index (χ0n) is 22.6. The monoisotopic (exact) mass is 541 g/mol. The van der Waals surface area contributed by atoms with Gasteiger partial charge < -0.3 is 14.5 Å². The smallest absolute Gasteiger partial charge is 0.222 e. The molecule has 0 saturated carbocycles. The summed E-state index contributed by atoms with van der Waals surface area (Å²) in [5, 5.41) is 9.94. The van der Waals surface area contributed by atoms with Crippen LogP contribution in [-0.2, 0) is 4.79 Å². The van der Waals surface area contributed by atoms with Crippen molar-refractivity contribution in [3.8, 4) is 22.8 Å². The van der Waals surface area contributed by atoms with Gasteiger partial charge in [-0.1, -0.05) is 71.9 Å². The molecule has 1 fully saturated rings. The van der Waals surface area contributed by atoms with E-state index in [9.17, 15) is 4.79 Å². The predicted octanol–water partition coefficient (Wildman–Crippen LogP) is 5.86. The lowest BCUT2D eigenvalue weighted by Crippen LogP contribution is -2.48. The summed E-state index contributed by atoms with van der Waals surface area (Å²) >= 11 is 1.70. The van der Waals surface area contributed by atoms with Crippen molar-refractivity contribution in [2.24, 2.45) is 0 Å². The molecule has 5 rings (SSSR count). The van der Waals surface area contributed by atoms with Crippen LogP contribution in [0.3, 0.4) is 0 Å². The second-order valence-corrected chi connectivity index (χ2v) is 10.8. The molecule has 2 heterocycles. The first-order valence-electron chi connectivity index (χ1n) is 13.5. The van der Waals surface area contributed by atoms with Gasteiger partial charge in [0.25, 0.3) is 0 Å². The minimum absolute atomic E-state index is 0.244. The summed E-state index contributed by atoms with van der Waals surface area (Å²) in [7, 11) is 1.70. The fraction of sp³-hybridized carbons (Fsp3) is 0.323. The highest BCUT2D eigenvalue weighted by Crippen LogP contribution is 2.30. The summed E-state index contributed by atoms with van der Waals surface area (Å²) in [6.07, 6.45) is 2.39. The van der Waals surface area contributed by atoms with E-state index in [1.165, 1.54) is 5.56 Å². The SMILES string of the molecule is COc1ccccc1N1CCN(C(=O)CCCCSc2nnc(-c3ccc(C)cc3)n2-c2ccccc2)CC1. The van der Waals surface area contributed by atoms with Gasteiger partial charge in [0.2, 0.25) is 5.91 Å². The summed E-state index contributed by atoms with van der Waals surface area (Å²) in [5.74, 6) is 2.84. The maximum atomic E-state index is 12.9. The molecule has 1 amide bonds. The average Bonchev–Trinajstić information content (AvgIpc) is 3.41. The molecule has 0 aliphatic carbocycles. The Labute approximate surface area is 234 Å². The Balaban J connectivity index is 1.12. The molecule has 1 saturated heterocycles. The summed E-state index contributed by atoms with van der Waals surface area (Å²) < 4.78 is 7.63. The number of unbranched alkanes of at least 4 members (excludes halogenated alkanes) is 1. The fourth-order valence-electron chi connectivity index (χ4n) is 4.85. The first-order chi connectivity index (χ1) is 19.1. The number of benzene rings is 3. The highest BCUT2D eigenvalue weighted by molar-refractivity contribution is 7.99. The van der Waals surface area contributed by atoms with Crippen molar-refractivity contribution in [2.75, 3.05) is 43.9 Å². The lowest BCUT2D eigenvalue weighted by molar-refractivity contribution is -0.131. The first kappa shape index (κ1) is 26.8. The molecule has 0 atom stereocenters. The van der Waals surface area contributed by atoms with Crippen LogP contribution < -0.4 is 9.64 Å². The van der Waals surface area contributed by atoms with Gasteiger partial charge in [0.15, 0.2) is 11.0 Å². The Morgan fingerprint density at radius 1 is 0.872 bits per heavy atom. The van der Waals surface area contributed by atoms with Crippen molar-refractivity contribution in [3.05, 3.63) is 84.4 Å². The third-order valence-corrected chi connectivity index (χ3v) is 8.05. The average molecular weight is 542 g/mol. The van der Waals surface area contributed by atoms with Crippen LogP contribution in [0.1, 0.15) is 24.8 Å². The van der Waals surface area contributed by atoms with Gasteiger partial charge in [-0.15, -0.1) is 10.2 Å². The number of anilines is 1. The van der Waals surface area contributed by atoms with E-state index in [-0.39, 0.29) is 5.91 Å². The molecule has 1 aliphatic heterocycles. The number of carbonyl (C=O) groups excluding carboxylic acids is 1. The Bertz CT molecular complexity index is 1370. The molecule has 1 aromatic heterocycles. The standard InChI is InChI=1S/C31H35N5O2S/c1-24-15-17-25(18-16-24)30-32-33-31(36(30)26-10-4-3-5-11-26)39-23-9-8-14-29(37)35-21-19-34(20-22-35)27-12-6-7-13-28(27)38-2/h3-7,10-13,15-18H,8-9,14,19-23H2,1-2H3. The molecule has 1 aliphatic rings. The highest BCUT2D eigenvalue weighted by atomic mass is 32.2. The number of aryl methyl sites for hydroxylation is 1. The second-order valence-electron chi connectivity index (χ2n) is 9.69. The van der Waals surface area contributed by atoms with E-state index < -0.39 is 0 Å². The normalized spacial score (nSPS) is 13.5. The number of nitrogens with zero attached hydrogens (tertiary/aromatic N) is 5. The molecular formula is C31H35N5O2S. The number of rotatable bonds is 10. The van der Waals surface area contributed by atoms with Gasteiger partial charge >= 0.3 is 0 Å².